The molecular formula is C27H28O16. The van der Waals surface area contributed by atoms with Crippen molar-refractivity contribution in [2.75, 3.05) is 13.7 Å². The van der Waals surface area contributed by atoms with Gasteiger partial charge >= 0.3 is 5.97 Å². The Kier molecular flexibility index (Phi) is 8.21. The number of rotatable bonds is 6. The number of ether oxygens (including phenoxy) is 4. The topological polar surface area (TPSA) is 266 Å². The first-order valence-electron chi connectivity index (χ1n) is 12.8. The van der Waals surface area contributed by atoms with Gasteiger partial charge in [-0.25, -0.2) is 4.79 Å². The molecule has 3 heterocycles. The van der Waals surface area contributed by atoms with Crippen molar-refractivity contribution in [3.63, 3.8) is 0 Å². The number of hydrogen-bond acceptors (Lipinski definition) is 15. The van der Waals surface area contributed by atoms with Gasteiger partial charge in [-0.05, 0) is 18.2 Å². The van der Waals surface area contributed by atoms with E-state index in [-0.39, 0.29) is 22.8 Å². The maximum Gasteiger partial charge on any atom is 0.335 e. The van der Waals surface area contributed by atoms with E-state index < -0.39 is 95.6 Å². The van der Waals surface area contributed by atoms with E-state index in [0.717, 1.165) is 12.1 Å². The van der Waals surface area contributed by atoms with Crippen LogP contribution in [0.3, 0.4) is 0 Å². The highest BCUT2D eigenvalue weighted by molar-refractivity contribution is 5.88. The molecule has 0 bridgehead atoms. The Morgan fingerprint density at radius 2 is 1.65 bits per heavy atom. The van der Waals surface area contributed by atoms with Crippen molar-refractivity contribution < 1.29 is 74.1 Å². The third-order valence-electron chi connectivity index (χ3n) is 7.34. The summed E-state index contributed by atoms with van der Waals surface area (Å²) in [5.41, 5.74) is -1.22. The second-order valence-electron chi connectivity index (χ2n) is 10.0. The van der Waals surface area contributed by atoms with Crippen LogP contribution in [0.15, 0.2) is 39.5 Å². The molecule has 2 saturated heterocycles. The fourth-order valence-electron chi connectivity index (χ4n) is 5.07. The predicted octanol–water partition coefficient (Wildman–Crippen LogP) is -1.34. The van der Waals surface area contributed by atoms with Gasteiger partial charge in [-0.2, -0.15) is 0 Å². The summed E-state index contributed by atoms with van der Waals surface area (Å²) in [6.45, 7) is -0.550. The van der Waals surface area contributed by atoms with Gasteiger partial charge in [0.25, 0.3) is 0 Å². The maximum atomic E-state index is 13.2. The number of hydrogen-bond donors (Lipinski definition) is 9. The molecule has 9 N–H and O–H groups in total. The van der Waals surface area contributed by atoms with Crippen molar-refractivity contribution in [1.82, 2.24) is 0 Å². The van der Waals surface area contributed by atoms with Crippen LogP contribution in [-0.4, -0.2) is 115 Å². The van der Waals surface area contributed by atoms with E-state index in [0.29, 0.717) is 5.56 Å². The quantitative estimate of drug-likeness (QED) is 0.157. The molecule has 2 aromatic carbocycles. The summed E-state index contributed by atoms with van der Waals surface area (Å²) < 4.78 is 27.0. The molecule has 2 fully saturated rings. The van der Waals surface area contributed by atoms with Crippen LogP contribution in [0.4, 0.5) is 0 Å². The van der Waals surface area contributed by atoms with E-state index in [1.54, 1.807) is 0 Å². The Labute approximate surface area is 240 Å². The molecule has 0 amide bonds. The lowest BCUT2D eigenvalue weighted by Crippen LogP contribution is -2.62. The summed E-state index contributed by atoms with van der Waals surface area (Å²) in [4.78, 5) is 24.7. The molecule has 0 aliphatic carbocycles. The lowest BCUT2D eigenvalue weighted by molar-refractivity contribution is -0.330. The predicted molar refractivity (Wildman–Crippen MR) is 139 cm³/mol. The van der Waals surface area contributed by atoms with Crippen molar-refractivity contribution >= 4 is 16.9 Å². The molecule has 2 aliphatic rings. The number of phenols is 3. The van der Waals surface area contributed by atoms with E-state index in [4.69, 9.17) is 23.4 Å². The Morgan fingerprint density at radius 3 is 2.33 bits per heavy atom. The van der Waals surface area contributed by atoms with E-state index in [1.807, 2.05) is 0 Å². The summed E-state index contributed by atoms with van der Waals surface area (Å²) in [6, 6.07) is 6.16. The number of benzene rings is 2. The zero-order valence-electron chi connectivity index (χ0n) is 22.2. The number of methoxy groups -OCH3 is 1. The summed E-state index contributed by atoms with van der Waals surface area (Å²) in [5.74, 6) is -3.34. The van der Waals surface area contributed by atoms with E-state index >= 15 is 0 Å². The van der Waals surface area contributed by atoms with Crippen LogP contribution in [0.1, 0.15) is 11.7 Å². The minimum absolute atomic E-state index is 0.00631. The molecule has 9 atom stereocenters. The first-order chi connectivity index (χ1) is 20.3. The number of aliphatic hydroxyl groups excluding tert-OH is 5. The molecule has 5 rings (SSSR count). The number of aliphatic carboxylic acids is 1. The van der Waals surface area contributed by atoms with Gasteiger partial charge in [0.15, 0.2) is 29.3 Å². The number of carboxylic acid groups (broad SMARTS) is 1. The average molecular weight is 609 g/mol. The zero-order chi connectivity index (χ0) is 31.3. The van der Waals surface area contributed by atoms with Crippen LogP contribution in [0.2, 0.25) is 0 Å². The Morgan fingerprint density at radius 1 is 0.930 bits per heavy atom. The van der Waals surface area contributed by atoms with Crippen LogP contribution in [0.5, 0.6) is 23.0 Å². The molecule has 0 saturated carbocycles. The van der Waals surface area contributed by atoms with Crippen LogP contribution in [0, 0.1) is 0 Å². The standard InChI is InChI=1S/C27H28O16/c1-39-14-4-8(2-3-9(14)28)13-5-10(29)16-15(41-13)6-11(30)17(19(16)33)23-24(18(32)12(31)7-40-23)42-27-22(36)20(34)21(35)25(43-27)26(37)38/h2-6,12,18,20-25,27-28,30-36H,7H2,1H3,(H,37,38)/t12-,18-,20-,21+,22+,23-,24+,25-,27+/m0/s1. The Bertz CT molecular complexity index is 1590. The highest BCUT2D eigenvalue weighted by Gasteiger charge is 2.51. The summed E-state index contributed by atoms with van der Waals surface area (Å²) in [5, 5.41) is 92.4. The molecule has 232 valence electrons. The highest BCUT2D eigenvalue weighted by Crippen LogP contribution is 2.45. The van der Waals surface area contributed by atoms with Gasteiger partial charge < -0.3 is 69.3 Å². The van der Waals surface area contributed by atoms with Crippen molar-refractivity contribution in [2.24, 2.45) is 0 Å². The molecule has 0 spiro atoms. The van der Waals surface area contributed by atoms with Gasteiger partial charge in [0.05, 0.1) is 19.3 Å². The SMILES string of the molecule is COc1cc(-c2cc(=O)c3c(O)c([C@@H]4OC[C@H](O)[C@H](O)[C@H]4O[C@@H]4O[C@H](C(=O)O)[C@H](O)[C@H](O)[C@H]4O)c(O)cc3o2)ccc1O. The lowest BCUT2D eigenvalue weighted by Gasteiger charge is -2.44. The van der Waals surface area contributed by atoms with Gasteiger partial charge in [0.1, 0.15) is 71.0 Å². The molecule has 3 aromatic rings. The molecule has 16 nitrogen and oxygen atoms in total. The maximum absolute atomic E-state index is 13.2. The summed E-state index contributed by atoms with van der Waals surface area (Å²) >= 11 is 0. The fourth-order valence-corrected chi connectivity index (χ4v) is 5.07. The van der Waals surface area contributed by atoms with Crippen molar-refractivity contribution in [2.45, 2.75) is 55.1 Å². The van der Waals surface area contributed by atoms with E-state index in [2.05, 4.69) is 0 Å². The van der Waals surface area contributed by atoms with Crippen molar-refractivity contribution in [3.8, 4) is 34.3 Å². The van der Waals surface area contributed by atoms with Gasteiger partial charge in [0.2, 0.25) is 0 Å². The first kappa shape index (κ1) is 30.5. The van der Waals surface area contributed by atoms with Crippen molar-refractivity contribution in [1.29, 1.82) is 0 Å². The van der Waals surface area contributed by atoms with E-state index in [9.17, 15) is 55.5 Å². The molecule has 1 aromatic heterocycles. The second kappa shape index (κ2) is 11.6. The zero-order valence-corrected chi connectivity index (χ0v) is 22.2. The van der Waals surface area contributed by atoms with Crippen LogP contribution < -0.4 is 10.2 Å². The number of phenolic OH excluding ortho intramolecular Hbond substituents is 3. The highest BCUT2D eigenvalue weighted by atomic mass is 16.7. The first-order valence-corrected chi connectivity index (χ1v) is 12.8. The van der Waals surface area contributed by atoms with E-state index in [1.165, 1.54) is 25.3 Å². The monoisotopic (exact) mass is 608 g/mol. The minimum Gasteiger partial charge on any atom is -0.507 e. The van der Waals surface area contributed by atoms with Gasteiger partial charge in [0, 0.05) is 17.7 Å². The molecule has 16 heteroatoms. The number of fused-ring (bicyclic) bond motifs is 1. The number of carboxylic acids is 1. The molecule has 43 heavy (non-hydrogen) atoms. The number of carbonyl (C=O) groups is 1. The third kappa shape index (κ3) is 5.34. The normalized spacial score (nSPS) is 31.2. The van der Waals surface area contributed by atoms with Gasteiger partial charge in [-0.15, -0.1) is 0 Å². The lowest BCUT2D eigenvalue weighted by atomic mass is 9.91. The Hall–Kier alpha value is -4.00. The van der Waals surface area contributed by atoms with Crippen LogP contribution >= 0.6 is 0 Å². The Balaban J connectivity index is 1.55. The average Bonchev–Trinajstić information content (AvgIpc) is 2.96. The third-order valence-corrected chi connectivity index (χ3v) is 7.34. The van der Waals surface area contributed by atoms with Crippen LogP contribution in [-0.2, 0) is 19.0 Å². The second-order valence-corrected chi connectivity index (χ2v) is 10.0. The minimum atomic E-state index is -2.06. The number of aliphatic hydroxyl groups is 5. The molecule has 0 radical (unpaired) electrons. The summed E-state index contributed by atoms with van der Waals surface area (Å²) in [7, 11) is 1.32. The van der Waals surface area contributed by atoms with Crippen LogP contribution in [0.25, 0.3) is 22.3 Å². The summed E-state index contributed by atoms with van der Waals surface area (Å²) in [6.07, 6.45) is -17.1. The molecule has 2 aliphatic heterocycles. The van der Waals surface area contributed by atoms with Crippen molar-refractivity contribution in [3.05, 3.63) is 46.1 Å². The number of aromatic hydroxyl groups is 3. The largest absolute Gasteiger partial charge is 0.507 e. The smallest absolute Gasteiger partial charge is 0.335 e. The molecular weight excluding hydrogens is 580 g/mol. The van der Waals surface area contributed by atoms with Gasteiger partial charge in [-0.1, -0.05) is 0 Å². The van der Waals surface area contributed by atoms with Gasteiger partial charge in [-0.3, -0.25) is 4.79 Å². The fraction of sp³-hybridized carbons (Fsp3) is 0.407. The molecule has 0 unspecified atom stereocenters.